The van der Waals surface area contributed by atoms with Gasteiger partial charge in [-0.1, -0.05) is 26.0 Å². The Bertz CT molecular complexity index is 1110. The number of carbonyl (C=O) groups is 3. The molecular weight excluding hydrogens is 467 g/mol. The fraction of sp³-hybridized carbons (Fsp3) is 0.417. The van der Waals surface area contributed by atoms with Crippen LogP contribution in [0.2, 0.25) is 0 Å². The van der Waals surface area contributed by atoms with E-state index in [0.717, 1.165) is 17.0 Å². The first-order chi connectivity index (χ1) is 17.1. The van der Waals surface area contributed by atoms with Crippen LogP contribution < -0.4 is 10.1 Å². The second-order valence-corrected chi connectivity index (χ2v) is 8.48. The summed E-state index contributed by atoms with van der Waals surface area (Å²) in [6, 6.07) is 3.84. The van der Waals surface area contributed by atoms with Gasteiger partial charge in [0.25, 0.3) is 0 Å². The van der Waals surface area contributed by atoms with E-state index in [2.05, 4.69) is 15.0 Å². The van der Waals surface area contributed by atoms with Crippen LogP contribution in [-0.4, -0.2) is 51.2 Å². The summed E-state index contributed by atoms with van der Waals surface area (Å²) in [5.41, 5.74) is -1.07. The molecule has 1 aromatic carbocycles. The maximum atomic E-state index is 13.4. The number of ether oxygens (including phenoxy) is 1. The number of pyridine rings is 1. The molecule has 0 aliphatic heterocycles. The van der Waals surface area contributed by atoms with Gasteiger partial charge in [0.05, 0.1) is 9.29 Å². The lowest BCUT2D eigenvalue weighted by atomic mass is 9.89. The summed E-state index contributed by atoms with van der Waals surface area (Å²) in [7, 11) is 0. The molecule has 0 saturated heterocycles. The Hall–Kier alpha value is -3.63. The molecule has 2 amide bonds. The molecule has 0 aliphatic rings. The number of halogens is 3. The molecule has 0 aliphatic carbocycles. The number of benzene rings is 1. The monoisotopic (exact) mass is 499 g/mol. The number of nitrogens with one attached hydrogen (secondary N) is 1. The van der Waals surface area contributed by atoms with Gasteiger partial charge in [0.15, 0.2) is 0 Å². The Balaban J connectivity index is 2.46. The van der Waals surface area contributed by atoms with Gasteiger partial charge < -0.3 is 15.2 Å². The maximum absolute atomic E-state index is 13.4. The van der Waals surface area contributed by atoms with Gasteiger partial charge in [-0.25, -0.2) is 9.59 Å². The topological polar surface area (TPSA) is 109 Å². The Morgan fingerprint density at radius 1 is 1.14 bits per heavy atom. The van der Waals surface area contributed by atoms with Crippen molar-refractivity contribution in [3.63, 3.8) is 0 Å². The zero-order valence-electron chi connectivity index (χ0n) is 21.5. The molecule has 0 fully saturated rings. The average Bonchev–Trinajstić information content (AvgIpc) is 2.79. The number of hydrogen-bond acceptors (Lipinski definition) is 5. The van der Waals surface area contributed by atoms with Crippen LogP contribution >= 0.6 is 0 Å². The van der Waals surface area contributed by atoms with E-state index in [1.807, 2.05) is 13.8 Å². The number of alkyl halides is 3. The molecule has 1 aromatic heterocycles. The molecule has 190 valence electrons. The second-order valence-electron chi connectivity index (χ2n) is 8.48. The van der Waals surface area contributed by atoms with Crippen LogP contribution in [0, 0.1) is 5.92 Å². The van der Waals surface area contributed by atoms with E-state index < -0.39 is 47.5 Å². The van der Waals surface area contributed by atoms with Crippen molar-refractivity contribution in [3.8, 4) is 5.75 Å². The maximum Gasteiger partial charge on any atom is 0.491 e. The first-order valence-electron chi connectivity index (χ1n) is 11.7. The smallest absolute Gasteiger partial charge is 0.465 e. The van der Waals surface area contributed by atoms with Crippen LogP contribution in [0.4, 0.5) is 18.0 Å². The number of carbonyl (C=O) groups excluding carboxylic acids is 2. The molecule has 2 rings (SSSR count). The highest BCUT2D eigenvalue weighted by molar-refractivity contribution is 5.89. The molecule has 1 atom stereocenters. The van der Waals surface area contributed by atoms with Crippen molar-refractivity contribution in [2.75, 3.05) is 6.54 Å². The Labute approximate surface area is 203 Å². The zero-order valence-corrected chi connectivity index (χ0v) is 19.5. The quantitative estimate of drug-likeness (QED) is 0.375. The van der Waals surface area contributed by atoms with E-state index in [1.54, 1.807) is 12.1 Å². The van der Waals surface area contributed by atoms with Crippen molar-refractivity contribution in [1.82, 2.24) is 15.2 Å². The van der Waals surface area contributed by atoms with Crippen LogP contribution in [0.25, 0.3) is 0 Å². The Morgan fingerprint density at radius 3 is 2.26 bits per heavy atom. The minimum atomic E-state index is -5.32. The molecule has 11 heteroatoms. The minimum absolute atomic E-state index is 0.115. The van der Waals surface area contributed by atoms with Crippen LogP contribution in [0.1, 0.15) is 41.1 Å². The molecule has 2 aromatic rings. The van der Waals surface area contributed by atoms with Gasteiger partial charge in [-0.15, -0.1) is 0 Å². The summed E-state index contributed by atoms with van der Waals surface area (Å²) in [6.45, 7) is 5.38. The molecule has 2 N–H and O–H groups in total. The van der Waals surface area contributed by atoms with Crippen molar-refractivity contribution >= 4 is 18.0 Å². The molecule has 0 spiro atoms. The molecule has 0 saturated carbocycles. The summed E-state index contributed by atoms with van der Waals surface area (Å²) in [5, 5.41) is 12.8. The van der Waals surface area contributed by atoms with Gasteiger partial charge in [0.1, 0.15) is 11.3 Å². The van der Waals surface area contributed by atoms with Crippen molar-refractivity contribution in [2.24, 2.45) is 5.92 Å². The van der Waals surface area contributed by atoms with Crippen molar-refractivity contribution < 1.29 is 40.1 Å². The number of esters is 1. The van der Waals surface area contributed by atoms with E-state index in [9.17, 15) is 32.7 Å². The van der Waals surface area contributed by atoms with Gasteiger partial charge in [0.2, 0.25) is 5.91 Å². The number of carboxylic acid groups (broad SMARTS) is 1. The highest BCUT2D eigenvalue weighted by Gasteiger charge is 2.43. The highest BCUT2D eigenvalue weighted by atomic mass is 19.4. The van der Waals surface area contributed by atoms with Gasteiger partial charge in [-0.2, -0.15) is 13.2 Å². The van der Waals surface area contributed by atoms with E-state index in [4.69, 9.17) is 2.74 Å². The first kappa shape index (κ1) is 24.5. The Morgan fingerprint density at radius 2 is 1.74 bits per heavy atom. The summed E-state index contributed by atoms with van der Waals surface area (Å²) in [4.78, 5) is 41.7. The van der Waals surface area contributed by atoms with Gasteiger partial charge in [-0.05, 0) is 54.6 Å². The number of rotatable bonds is 10. The summed E-state index contributed by atoms with van der Waals surface area (Å²) in [5.74, 6) is -3.84. The molecule has 35 heavy (non-hydrogen) atoms. The summed E-state index contributed by atoms with van der Waals surface area (Å²) in [6.07, 6.45) is -3.48. The van der Waals surface area contributed by atoms with Gasteiger partial charge >= 0.3 is 18.2 Å². The van der Waals surface area contributed by atoms with Crippen molar-refractivity contribution in [1.29, 1.82) is 0 Å². The normalized spacial score (nSPS) is 13.9. The molecule has 8 nitrogen and oxygen atoms in total. The number of hydrogen-bond donors (Lipinski definition) is 2. The summed E-state index contributed by atoms with van der Waals surface area (Å²) >= 11 is 0. The molecule has 0 bridgehead atoms. The largest absolute Gasteiger partial charge is 0.491 e. The van der Waals surface area contributed by atoms with E-state index in [1.165, 1.54) is 19.3 Å². The third kappa shape index (κ3) is 7.97. The van der Waals surface area contributed by atoms with Crippen LogP contribution in [-0.2, 0) is 22.6 Å². The molecular formula is C24H28F3N3O5. The van der Waals surface area contributed by atoms with Crippen LogP contribution in [0.15, 0.2) is 48.7 Å². The van der Waals surface area contributed by atoms with Crippen LogP contribution in [0.3, 0.4) is 0 Å². The molecule has 0 radical (unpaired) electrons. The third-order valence-corrected chi connectivity index (χ3v) is 5.16. The molecule has 0 unspecified atom stereocenters. The third-order valence-electron chi connectivity index (χ3n) is 5.16. The zero-order chi connectivity index (χ0) is 28.0. The first-order valence-corrected chi connectivity index (χ1v) is 10.7. The Kier molecular flexibility index (Phi) is 8.17. The number of amides is 2. The molecule has 1 heterocycles. The number of aromatic nitrogens is 1. The van der Waals surface area contributed by atoms with Gasteiger partial charge in [-0.3, -0.25) is 14.7 Å². The lowest BCUT2D eigenvalue weighted by Crippen LogP contribution is -2.59. The van der Waals surface area contributed by atoms with Crippen LogP contribution in [0.5, 0.6) is 5.75 Å². The van der Waals surface area contributed by atoms with Crippen molar-refractivity contribution in [2.45, 2.75) is 51.9 Å². The fourth-order valence-corrected chi connectivity index (χ4v) is 3.20. The summed E-state index contributed by atoms with van der Waals surface area (Å²) < 4.78 is 57.9. The van der Waals surface area contributed by atoms with E-state index >= 15 is 0 Å². The lowest BCUT2D eigenvalue weighted by molar-refractivity contribution is -0.189. The fourth-order valence-electron chi connectivity index (χ4n) is 3.20. The highest BCUT2D eigenvalue weighted by Crippen LogP contribution is 2.26. The van der Waals surface area contributed by atoms with E-state index in [-0.39, 0.29) is 31.0 Å². The van der Waals surface area contributed by atoms with Gasteiger partial charge in [0, 0.05) is 25.4 Å². The minimum Gasteiger partial charge on any atom is -0.465 e. The predicted octanol–water partition coefficient (Wildman–Crippen LogP) is 4.19. The number of nitrogens with zero attached hydrogens (tertiary/aromatic N) is 2. The second kappa shape index (κ2) is 11.7. The standard InChI is InChI=1S/C24H28F3N3O5/c1-16(2)8-13-29-20(31)23(3,30(22(33)34)15-18-9-11-28-12-10-18)14-17-4-6-19(7-5-17)35-21(32)24(25,26)27/h4-7,9-12,16H,8,13-15H2,1-3H3,(H,29,31)(H,33,34)/t23-/m0/s1/i6T,7T. The lowest BCUT2D eigenvalue weighted by Gasteiger charge is -2.38. The predicted molar refractivity (Wildman–Crippen MR) is 121 cm³/mol. The van der Waals surface area contributed by atoms with Crippen molar-refractivity contribution in [3.05, 3.63) is 59.9 Å². The van der Waals surface area contributed by atoms with E-state index in [0.29, 0.717) is 12.0 Å². The average molecular weight is 500 g/mol. The SMILES string of the molecule is [3H]c1cc(C[C@@](C)(C(=O)NCCC(C)C)N(Cc2ccncc2)C(=O)O)cc([3H])c1OC(=O)C(F)(F)F.